The number of aryl methyl sites for hydroxylation is 1. The van der Waals surface area contributed by atoms with E-state index < -0.39 is 0 Å². The average Bonchev–Trinajstić information content (AvgIpc) is 2.38. The minimum atomic E-state index is -0.255. The molecular formula is C16H20FN3. The summed E-state index contributed by atoms with van der Waals surface area (Å²) in [7, 11) is 1.86. The molecule has 106 valence electrons. The van der Waals surface area contributed by atoms with E-state index in [1.807, 2.05) is 50.1 Å². The average molecular weight is 273 g/mol. The van der Waals surface area contributed by atoms with Gasteiger partial charge >= 0.3 is 0 Å². The standard InChI is InChI=1S/C16H20FN3/c1-11-6-4-7-13(19-11)10-20(3)16-14(12(2)18)8-5-9-15(16)17/h4-9,12H,10,18H2,1-3H3/t12-/m1/s1. The molecular weight excluding hydrogens is 253 g/mol. The van der Waals surface area contributed by atoms with Gasteiger partial charge in [0.25, 0.3) is 0 Å². The highest BCUT2D eigenvalue weighted by molar-refractivity contribution is 5.55. The van der Waals surface area contributed by atoms with E-state index in [-0.39, 0.29) is 11.9 Å². The number of anilines is 1. The lowest BCUT2D eigenvalue weighted by molar-refractivity contribution is 0.615. The van der Waals surface area contributed by atoms with Crippen molar-refractivity contribution in [1.82, 2.24) is 4.98 Å². The summed E-state index contributed by atoms with van der Waals surface area (Å²) in [5, 5.41) is 0. The fourth-order valence-electron chi connectivity index (χ4n) is 2.31. The summed E-state index contributed by atoms with van der Waals surface area (Å²) in [4.78, 5) is 6.30. The molecule has 1 aromatic carbocycles. The van der Waals surface area contributed by atoms with Gasteiger partial charge in [-0.3, -0.25) is 4.98 Å². The highest BCUT2D eigenvalue weighted by atomic mass is 19.1. The van der Waals surface area contributed by atoms with Gasteiger partial charge in [0.15, 0.2) is 0 Å². The van der Waals surface area contributed by atoms with E-state index >= 15 is 0 Å². The molecule has 0 aliphatic carbocycles. The Morgan fingerprint density at radius 3 is 2.60 bits per heavy atom. The monoisotopic (exact) mass is 273 g/mol. The van der Waals surface area contributed by atoms with E-state index in [9.17, 15) is 4.39 Å². The Hall–Kier alpha value is -1.94. The number of hydrogen-bond acceptors (Lipinski definition) is 3. The van der Waals surface area contributed by atoms with Crippen molar-refractivity contribution in [2.75, 3.05) is 11.9 Å². The van der Waals surface area contributed by atoms with E-state index in [2.05, 4.69) is 4.98 Å². The molecule has 2 N–H and O–H groups in total. The van der Waals surface area contributed by atoms with Crippen LogP contribution in [0.4, 0.5) is 10.1 Å². The van der Waals surface area contributed by atoms with Crippen LogP contribution in [0.25, 0.3) is 0 Å². The summed E-state index contributed by atoms with van der Waals surface area (Å²) in [5.41, 5.74) is 9.15. The first-order valence-corrected chi connectivity index (χ1v) is 6.66. The number of hydrogen-bond donors (Lipinski definition) is 1. The molecule has 0 fully saturated rings. The normalized spacial score (nSPS) is 12.2. The topological polar surface area (TPSA) is 42.1 Å². The Balaban J connectivity index is 2.31. The van der Waals surface area contributed by atoms with Crippen LogP contribution in [0.15, 0.2) is 36.4 Å². The maximum atomic E-state index is 14.1. The van der Waals surface area contributed by atoms with Gasteiger partial charge in [-0.25, -0.2) is 4.39 Å². The number of pyridine rings is 1. The van der Waals surface area contributed by atoms with Crippen molar-refractivity contribution >= 4 is 5.69 Å². The largest absolute Gasteiger partial charge is 0.366 e. The van der Waals surface area contributed by atoms with Crippen LogP contribution in [0.1, 0.15) is 29.9 Å². The minimum Gasteiger partial charge on any atom is -0.366 e. The molecule has 0 aliphatic rings. The molecule has 0 spiro atoms. The molecule has 0 unspecified atom stereocenters. The lowest BCUT2D eigenvalue weighted by Gasteiger charge is -2.24. The second-order valence-corrected chi connectivity index (χ2v) is 5.09. The van der Waals surface area contributed by atoms with Crippen molar-refractivity contribution < 1.29 is 4.39 Å². The summed E-state index contributed by atoms with van der Waals surface area (Å²) >= 11 is 0. The van der Waals surface area contributed by atoms with Crippen molar-refractivity contribution in [3.8, 4) is 0 Å². The van der Waals surface area contributed by atoms with Crippen molar-refractivity contribution in [3.63, 3.8) is 0 Å². The van der Waals surface area contributed by atoms with E-state index in [0.717, 1.165) is 17.0 Å². The molecule has 3 nitrogen and oxygen atoms in total. The summed E-state index contributed by atoms with van der Waals surface area (Å²) in [6, 6.07) is 10.6. The molecule has 20 heavy (non-hydrogen) atoms. The van der Waals surface area contributed by atoms with Gasteiger partial charge in [0.05, 0.1) is 17.9 Å². The van der Waals surface area contributed by atoms with Crippen LogP contribution in [0.2, 0.25) is 0 Å². The van der Waals surface area contributed by atoms with Crippen LogP contribution in [0.5, 0.6) is 0 Å². The number of para-hydroxylation sites is 1. The van der Waals surface area contributed by atoms with Gasteiger partial charge in [0.2, 0.25) is 0 Å². The number of benzene rings is 1. The Kier molecular flexibility index (Phi) is 4.35. The third-order valence-corrected chi connectivity index (χ3v) is 3.24. The van der Waals surface area contributed by atoms with Crippen molar-refractivity contribution in [3.05, 3.63) is 59.2 Å². The number of aromatic nitrogens is 1. The van der Waals surface area contributed by atoms with Gasteiger partial charge in [-0.15, -0.1) is 0 Å². The molecule has 2 rings (SSSR count). The molecule has 0 radical (unpaired) electrons. The maximum absolute atomic E-state index is 14.1. The summed E-state index contributed by atoms with van der Waals surface area (Å²) in [6.45, 7) is 4.35. The summed E-state index contributed by atoms with van der Waals surface area (Å²) in [6.07, 6.45) is 0. The number of rotatable bonds is 4. The third-order valence-electron chi connectivity index (χ3n) is 3.24. The quantitative estimate of drug-likeness (QED) is 0.930. The second-order valence-electron chi connectivity index (χ2n) is 5.09. The zero-order valence-corrected chi connectivity index (χ0v) is 12.1. The third kappa shape index (κ3) is 3.14. The van der Waals surface area contributed by atoms with Gasteiger partial charge in [0, 0.05) is 18.8 Å². The molecule has 0 amide bonds. The van der Waals surface area contributed by atoms with E-state index in [1.165, 1.54) is 6.07 Å². The second kappa shape index (κ2) is 6.01. The number of nitrogens with zero attached hydrogens (tertiary/aromatic N) is 2. The SMILES string of the molecule is Cc1cccc(CN(C)c2c(F)cccc2[C@@H](C)N)n1. The van der Waals surface area contributed by atoms with Crippen LogP contribution < -0.4 is 10.6 Å². The molecule has 0 saturated carbocycles. The molecule has 0 aliphatic heterocycles. The zero-order chi connectivity index (χ0) is 14.7. The van der Waals surface area contributed by atoms with Crippen LogP contribution in [-0.2, 0) is 6.54 Å². The Bertz CT molecular complexity index is 596. The predicted molar refractivity (Wildman–Crippen MR) is 80.1 cm³/mol. The maximum Gasteiger partial charge on any atom is 0.146 e. The highest BCUT2D eigenvalue weighted by Gasteiger charge is 2.16. The van der Waals surface area contributed by atoms with Crippen LogP contribution >= 0.6 is 0 Å². The van der Waals surface area contributed by atoms with E-state index in [1.54, 1.807) is 6.07 Å². The van der Waals surface area contributed by atoms with Gasteiger partial charge in [-0.2, -0.15) is 0 Å². The summed E-state index contributed by atoms with van der Waals surface area (Å²) < 4.78 is 14.1. The minimum absolute atomic E-state index is 0.214. The van der Waals surface area contributed by atoms with Gasteiger partial charge in [0.1, 0.15) is 5.82 Å². The molecule has 1 atom stereocenters. The number of halogens is 1. The lowest BCUT2D eigenvalue weighted by atomic mass is 10.1. The predicted octanol–water partition coefficient (Wildman–Crippen LogP) is 3.19. The molecule has 4 heteroatoms. The van der Waals surface area contributed by atoms with Crippen molar-refractivity contribution in [2.24, 2.45) is 5.73 Å². The van der Waals surface area contributed by atoms with Crippen molar-refractivity contribution in [1.29, 1.82) is 0 Å². The smallest absolute Gasteiger partial charge is 0.146 e. The first kappa shape index (κ1) is 14.5. The van der Waals surface area contributed by atoms with Crippen LogP contribution in [0.3, 0.4) is 0 Å². The summed E-state index contributed by atoms with van der Waals surface area (Å²) in [5.74, 6) is -0.255. The first-order chi connectivity index (χ1) is 9.49. The molecule has 2 aromatic rings. The van der Waals surface area contributed by atoms with Crippen molar-refractivity contribution in [2.45, 2.75) is 26.4 Å². The van der Waals surface area contributed by atoms with Gasteiger partial charge in [-0.05, 0) is 37.6 Å². The Labute approximate surface area is 119 Å². The van der Waals surface area contributed by atoms with Crippen LogP contribution in [0, 0.1) is 12.7 Å². The van der Waals surface area contributed by atoms with E-state index in [4.69, 9.17) is 5.73 Å². The Morgan fingerprint density at radius 1 is 1.25 bits per heavy atom. The fraction of sp³-hybridized carbons (Fsp3) is 0.312. The zero-order valence-electron chi connectivity index (χ0n) is 12.1. The Morgan fingerprint density at radius 2 is 1.95 bits per heavy atom. The number of nitrogens with two attached hydrogens (primary N) is 1. The molecule has 1 aromatic heterocycles. The molecule has 0 bridgehead atoms. The van der Waals surface area contributed by atoms with Gasteiger partial charge < -0.3 is 10.6 Å². The molecule has 0 saturated heterocycles. The van der Waals surface area contributed by atoms with Gasteiger partial charge in [-0.1, -0.05) is 18.2 Å². The lowest BCUT2D eigenvalue weighted by Crippen LogP contribution is -2.22. The van der Waals surface area contributed by atoms with Crippen LogP contribution in [-0.4, -0.2) is 12.0 Å². The first-order valence-electron chi connectivity index (χ1n) is 6.66. The fourth-order valence-corrected chi connectivity index (χ4v) is 2.31. The highest BCUT2D eigenvalue weighted by Crippen LogP contribution is 2.28. The molecule has 1 heterocycles. The van der Waals surface area contributed by atoms with E-state index in [0.29, 0.717) is 12.2 Å².